The van der Waals surface area contributed by atoms with Crippen molar-refractivity contribution >= 4 is 23.3 Å². The number of nitrogens with one attached hydrogen (secondary N) is 1. The van der Waals surface area contributed by atoms with Crippen LogP contribution in [-0.2, 0) is 13.2 Å². The highest BCUT2D eigenvalue weighted by Gasteiger charge is 2.08. The number of carbonyl (C=O) groups is 1. The van der Waals surface area contributed by atoms with E-state index in [1.165, 1.54) is 0 Å². The van der Waals surface area contributed by atoms with E-state index in [4.69, 9.17) is 26.2 Å². The van der Waals surface area contributed by atoms with Crippen LogP contribution in [0.1, 0.15) is 28.4 Å². The number of benzene rings is 3. The first-order valence-corrected chi connectivity index (χ1v) is 9.63. The first kappa shape index (κ1) is 20.6. The van der Waals surface area contributed by atoms with Crippen LogP contribution < -0.4 is 14.8 Å². The van der Waals surface area contributed by atoms with Crippen LogP contribution in [0.4, 0.5) is 5.69 Å². The Morgan fingerprint density at radius 3 is 2.28 bits per heavy atom. The third kappa shape index (κ3) is 5.90. The summed E-state index contributed by atoms with van der Waals surface area (Å²) in [5.74, 6) is 0.422. The maximum absolute atomic E-state index is 10.9. The largest absolute Gasteiger partial charge is 0.490 e. The van der Waals surface area contributed by atoms with E-state index in [-0.39, 0.29) is 5.56 Å². The normalized spacial score (nSPS) is 10.4. The fourth-order valence-electron chi connectivity index (χ4n) is 2.73. The molecule has 29 heavy (non-hydrogen) atoms. The molecule has 0 heterocycles. The highest BCUT2D eigenvalue weighted by atomic mass is 35.5. The lowest BCUT2D eigenvalue weighted by atomic mass is 10.1. The summed E-state index contributed by atoms with van der Waals surface area (Å²) in [6.45, 7) is 3.46. The molecule has 0 unspecified atom stereocenters. The number of hydrogen-bond donors (Lipinski definition) is 2. The maximum Gasteiger partial charge on any atom is 0.335 e. The molecule has 0 fully saturated rings. The van der Waals surface area contributed by atoms with E-state index < -0.39 is 5.97 Å². The average Bonchev–Trinajstić information content (AvgIpc) is 2.73. The molecule has 0 aliphatic heterocycles. The second-order valence-electron chi connectivity index (χ2n) is 6.37. The first-order chi connectivity index (χ1) is 14.0. The third-order valence-electron chi connectivity index (χ3n) is 4.24. The number of carboxylic acids is 1. The Morgan fingerprint density at radius 1 is 0.931 bits per heavy atom. The second kappa shape index (κ2) is 9.85. The Balaban J connectivity index is 1.64. The Bertz CT molecular complexity index is 956. The van der Waals surface area contributed by atoms with Crippen molar-refractivity contribution in [3.63, 3.8) is 0 Å². The standard InChI is InChI=1S/C23H22ClNO4/c1-2-28-22-13-17(14-25-20-10-6-18(7-11-20)23(26)27)5-12-21(22)29-15-16-3-8-19(24)9-4-16/h3-13,25H,2,14-15H2,1H3,(H,26,27). The van der Waals surface area contributed by atoms with Gasteiger partial charge in [0, 0.05) is 17.3 Å². The van der Waals surface area contributed by atoms with Crippen LogP contribution >= 0.6 is 11.6 Å². The molecule has 150 valence electrons. The van der Waals surface area contributed by atoms with Gasteiger partial charge in [0.25, 0.3) is 0 Å². The number of carboxylic acid groups (broad SMARTS) is 1. The SMILES string of the molecule is CCOc1cc(CNc2ccc(C(=O)O)cc2)ccc1OCc1ccc(Cl)cc1. The van der Waals surface area contributed by atoms with Crippen molar-refractivity contribution in [3.8, 4) is 11.5 Å². The lowest BCUT2D eigenvalue weighted by Gasteiger charge is -2.14. The van der Waals surface area contributed by atoms with Gasteiger partial charge in [0.15, 0.2) is 11.5 Å². The maximum atomic E-state index is 10.9. The Kier molecular flexibility index (Phi) is 6.98. The van der Waals surface area contributed by atoms with Crippen molar-refractivity contribution in [3.05, 3.63) is 88.4 Å². The van der Waals surface area contributed by atoms with Gasteiger partial charge in [-0.25, -0.2) is 4.79 Å². The smallest absolute Gasteiger partial charge is 0.335 e. The topological polar surface area (TPSA) is 67.8 Å². The van der Waals surface area contributed by atoms with Gasteiger partial charge in [0.05, 0.1) is 12.2 Å². The monoisotopic (exact) mass is 411 g/mol. The van der Waals surface area contributed by atoms with Crippen molar-refractivity contribution < 1.29 is 19.4 Å². The van der Waals surface area contributed by atoms with Crippen molar-refractivity contribution in [1.29, 1.82) is 0 Å². The molecule has 0 aromatic heterocycles. The molecule has 0 amide bonds. The molecule has 0 atom stereocenters. The fourth-order valence-corrected chi connectivity index (χ4v) is 2.85. The summed E-state index contributed by atoms with van der Waals surface area (Å²) in [7, 11) is 0. The summed E-state index contributed by atoms with van der Waals surface area (Å²) < 4.78 is 11.7. The number of hydrogen-bond acceptors (Lipinski definition) is 4. The molecule has 6 heteroatoms. The molecule has 0 bridgehead atoms. The highest BCUT2D eigenvalue weighted by molar-refractivity contribution is 6.30. The van der Waals surface area contributed by atoms with E-state index in [1.807, 2.05) is 49.4 Å². The summed E-state index contributed by atoms with van der Waals surface area (Å²) in [6, 6.07) is 20.0. The molecular formula is C23H22ClNO4. The number of ether oxygens (including phenoxy) is 2. The van der Waals surface area contributed by atoms with E-state index in [1.54, 1.807) is 24.3 Å². The van der Waals surface area contributed by atoms with E-state index in [9.17, 15) is 4.79 Å². The molecule has 0 aliphatic carbocycles. The minimum Gasteiger partial charge on any atom is -0.490 e. The van der Waals surface area contributed by atoms with Gasteiger partial charge in [-0.1, -0.05) is 29.8 Å². The van der Waals surface area contributed by atoms with Crippen LogP contribution in [0.2, 0.25) is 5.02 Å². The lowest BCUT2D eigenvalue weighted by molar-refractivity contribution is 0.0697. The lowest BCUT2D eigenvalue weighted by Crippen LogP contribution is -2.03. The van der Waals surface area contributed by atoms with Crippen LogP contribution in [-0.4, -0.2) is 17.7 Å². The van der Waals surface area contributed by atoms with Crippen LogP contribution in [0.3, 0.4) is 0 Å². The Hall–Kier alpha value is -3.18. The van der Waals surface area contributed by atoms with Crippen LogP contribution in [0.5, 0.6) is 11.5 Å². The number of halogens is 1. The minimum absolute atomic E-state index is 0.261. The van der Waals surface area contributed by atoms with Crippen LogP contribution in [0, 0.1) is 0 Å². The van der Waals surface area contributed by atoms with Gasteiger partial charge >= 0.3 is 5.97 Å². The predicted octanol–water partition coefficient (Wildman–Crippen LogP) is 5.63. The average molecular weight is 412 g/mol. The van der Waals surface area contributed by atoms with Gasteiger partial charge in [-0.05, 0) is 66.6 Å². The first-order valence-electron chi connectivity index (χ1n) is 9.25. The van der Waals surface area contributed by atoms with Gasteiger partial charge in [-0.3, -0.25) is 0 Å². The van der Waals surface area contributed by atoms with Gasteiger partial charge < -0.3 is 19.9 Å². The zero-order valence-electron chi connectivity index (χ0n) is 16.0. The zero-order valence-corrected chi connectivity index (χ0v) is 16.8. The van der Waals surface area contributed by atoms with Gasteiger partial charge in [0.1, 0.15) is 6.61 Å². The molecule has 2 N–H and O–H groups in total. The predicted molar refractivity (Wildman–Crippen MR) is 114 cm³/mol. The Labute approximate surface area is 174 Å². The van der Waals surface area contributed by atoms with E-state index in [2.05, 4.69) is 5.32 Å². The Morgan fingerprint density at radius 2 is 1.62 bits per heavy atom. The summed E-state index contributed by atoms with van der Waals surface area (Å²) in [5, 5.41) is 12.9. The molecule has 0 spiro atoms. The molecule has 0 saturated carbocycles. The summed E-state index contributed by atoms with van der Waals surface area (Å²) in [5.41, 5.74) is 3.15. The van der Waals surface area contributed by atoms with Gasteiger partial charge in [-0.2, -0.15) is 0 Å². The molecular weight excluding hydrogens is 390 g/mol. The van der Waals surface area contributed by atoms with Crippen molar-refractivity contribution in [2.75, 3.05) is 11.9 Å². The summed E-state index contributed by atoms with van der Waals surface area (Å²) in [6.07, 6.45) is 0. The van der Waals surface area contributed by atoms with Crippen molar-refractivity contribution in [2.45, 2.75) is 20.1 Å². The summed E-state index contributed by atoms with van der Waals surface area (Å²) >= 11 is 5.92. The molecule has 3 aromatic rings. The van der Waals surface area contributed by atoms with E-state index >= 15 is 0 Å². The van der Waals surface area contributed by atoms with Gasteiger partial charge in [0.2, 0.25) is 0 Å². The zero-order chi connectivity index (χ0) is 20.6. The van der Waals surface area contributed by atoms with Crippen LogP contribution in [0.15, 0.2) is 66.7 Å². The molecule has 0 radical (unpaired) electrons. The third-order valence-corrected chi connectivity index (χ3v) is 4.50. The molecule has 0 aliphatic rings. The minimum atomic E-state index is -0.938. The van der Waals surface area contributed by atoms with E-state index in [0.717, 1.165) is 16.8 Å². The molecule has 3 rings (SSSR count). The van der Waals surface area contributed by atoms with Crippen molar-refractivity contribution in [2.24, 2.45) is 0 Å². The quantitative estimate of drug-likeness (QED) is 0.477. The molecule has 3 aromatic carbocycles. The second-order valence-corrected chi connectivity index (χ2v) is 6.80. The molecule has 0 saturated heterocycles. The summed E-state index contributed by atoms with van der Waals surface area (Å²) in [4.78, 5) is 10.9. The highest BCUT2D eigenvalue weighted by Crippen LogP contribution is 2.30. The fraction of sp³-hybridized carbons (Fsp3) is 0.174. The van der Waals surface area contributed by atoms with E-state index in [0.29, 0.717) is 36.3 Å². The molecule has 5 nitrogen and oxygen atoms in total. The number of rotatable bonds is 9. The van der Waals surface area contributed by atoms with Gasteiger partial charge in [-0.15, -0.1) is 0 Å². The van der Waals surface area contributed by atoms with Crippen molar-refractivity contribution in [1.82, 2.24) is 0 Å². The van der Waals surface area contributed by atoms with Crippen LogP contribution in [0.25, 0.3) is 0 Å². The number of aromatic carboxylic acids is 1. The number of anilines is 1.